The van der Waals surface area contributed by atoms with Gasteiger partial charge >= 0.3 is 0 Å². The summed E-state index contributed by atoms with van der Waals surface area (Å²) < 4.78 is 0. The lowest BCUT2D eigenvalue weighted by molar-refractivity contribution is 0.572. The Kier molecular flexibility index (Phi) is 3.80. The van der Waals surface area contributed by atoms with Crippen LogP contribution >= 0.6 is 0 Å². The number of hydrogen-bond acceptors (Lipinski definition) is 12. The Labute approximate surface area is 265 Å². The van der Waals surface area contributed by atoms with E-state index in [1.807, 2.05) is 72.8 Å². The van der Waals surface area contributed by atoms with Crippen molar-refractivity contribution in [3.63, 3.8) is 0 Å². The third-order valence-electron chi connectivity index (χ3n) is 9.75. The second kappa shape index (κ2) is 7.76. The summed E-state index contributed by atoms with van der Waals surface area (Å²) in [4.78, 5) is 61.5. The third-order valence-corrected chi connectivity index (χ3v) is 9.75. The molecule has 13 rings (SSSR count). The Morgan fingerprint density at radius 2 is 0.750 bits per heavy atom. The molecule has 1 aliphatic carbocycles. The van der Waals surface area contributed by atoms with Crippen molar-refractivity contribution < 1.29 is 0 Å². The molecule has 2 atom stereocenters. The summed E-state index contributed by atoms with van der Waals surface area (Å²) in [6.07, 6.45) is 4.04. The van der Waals surface area contributed by atoms with Crippen LogP contribution in [0.25, 0.3) is 105 Å². The highest BCUT2D eigenvalue weighted by Crippen LogP contribution is 2.35. The Morgan fingerprint density at radius 3 is 1.25 bits per heavy atom. The lowest BCUT2D eigenvalue weighted by atomic mass is 9.95. The van der Waals surface area contributed by atoms with Gasteiger partial charge in [0.05, 0.1) is 72.4 Å². The van der Waals surface area contributed by atoms with Gasteiger partial charge < -0.3 is 0 Å². The topological polar surface area (TPSA) is 154 Å². The molecule has 0 saturated carbocycles. The van der Waals surface area contributed by atoms with Crippen molar-refractivity contribution in [2.45, 2.75) is 12.1 Å². The highest BCUT2D eigenvalue weighted by Gasteiger charge is 2.31. The molecular weight excluding hydrogens is 600 g/mol. The van der Waals surface area contributed by atoms with Crippen LogP contribution in [0.4, 0.5) is 0 Å². The van der Waals surface area contributed by atoms with Gasteiger partial charge in [-0.25, -0.2) is 49.8 Å². The normalized spacial score (nSPS) is 17.4. The summed E-state index contributed by atoms with van der Waals surface area (Å²) in [5.41, 5.74) is 13.6. The first-order valence-electron chi connectivity index (χ1n) is 15.6. The van der Waals surface area contributed by atoms with Gasteiger partial charge in [0.25, 0.3) is 0 Å². The fourth-order valence-corrected chi connectivity index (χ4v) is 7.51. The van der Waals surface area contributed by atoms with Crippen molar-refractivity contribution in [3.8, 4) is 0 Å². The van der Waals surface area contributed by atoms with Crippen LogP contribution in [0.3, 0.4) is 0 Å². The van der Waals surface area contributed by atoms with E-state index in [4.69, 9.17) is 59.8 Å². The molecule has 5 aromatic carbocycles. The molecule has 0 saturated heterocycles. The first kappa shape index (κ1) is 23.5. The quantitative estimate of drug-likeness (QED) is 0.173. The van der Waals surface area contributed by atoms with Gasteiger partial charge in [-0.2, -0.15) is 0 Å². The first-order valence-corrected chi connectivity index (χ1v) is 15.6. The summed E-state index contributed by atoms with van der Waals surface area (Å²) in [6.45, 7) is 0. The molecule has 48 heavy (non-hydrogen) atoms. The minimum atomic E-state index is -0.404. The van der Waals surface area contributed by atoms with Gasteiger partial charge in [-0.05, 0) is 66.7 Å². The second-order valence-corrected chi connectivity index (χ2v) is 12.4. The molecule has 0 N–H and O–H groups in total. The SMILES string of the molecule is C1=CC2N=c3ccc4nc5ccc6nc7ccc8nc9ccc%10nc%11ccc%12nc1c1nc%12c%11nc%10c9nc8c7nc6c5nc4c3=NC12. The molecule has 0 radical (unpaired) electrons. The van der Waals surface area contributed by atoms with E-state index < -0.39 is 6.04 Å². The molecule has 2 aliphatic heterocycles. The lowest BCUT2D eigenvalue weighted by Crippen LogP contribution is -2.37. The summed E-state index contributed by atoms with van der Waals surface area (Å²) in [7, 11) is 0. The zero-order valence-electron chi connectivity index (χ0n) is 24.4. The van der Waals surface area contributed by atoms with Crippen molar-refractivity contribution >= 4 is 105 Å². The van der Waals surface area contributed by atoms with Gasteiger partial charge in [-0.3, -0.25) is 9.98 Å². The molecule has 12 nitrogen and oxygen atoms in total. The maximum Gasteiger partial charge on any atom is 0.121 e. The highest BCUT2D eigenvalue weighted by atomic mass is 15.0. The molecule has 0 fully saturated rings. The minimum absolute atomic E-state index is 0.242. The molecule has 2 unspecified atom stereocenters. The van der Waals surface area contributed by atoms with Crippen LogP contribution in [0.2, 0.25) is 0 Å². The molecule has 218 valence electrons. The van der Waals surface area contributed by atoms with E-state index in [9.17, 15) is 0 Å². The molecule has 0 spiro atoms. The zero-order valence-corrected chi connectivity index (χ0v) is 24.4. The van der Waals surface area contributed by atoms with Crippen molar-refractivity contribution in [1.29, 1.82) is 0 Å². The molecule has 12 bridgehead atoms. The van der Waals surface area contributed by atoms with Crippen molar-refractivity contribution in [2.75, 3.05) is 0 Å². The summed E-state index contributed by atoms with van der Waals surface area (Å²) in [5, 5.41) is 1.43. The largest absolute Gasteiger partial charge is 0.273 e. The van der Waals surface area contributed by atoms with Crippen molar-refractivity contribution in [3.05, 3.63) is 88.8 Å². The smallest absolute Gasteiger partial charge is 0.121 e. The van der Waals surface area contributed by atoms with Gasteiger partial charge in [0, 0.05) is 0 Å². The zero-order chi connectivity index (χ0) is 30.8. The van der Waals surface area contributed by atoms with E-state index in [-0.39, 0.29) is 6.04 Å². The number of nitrogens with zero attached hydrogens (tertiary/aromatic N) is 12. The Hall–Kier alpha value is -6.82. The van der Waals surface area contributed by atoms with Crippen LogP contribution < -0.4 is 10.7 Å². The Morgan fingerprint density at radius 1 is 0.354 bits per heavy atom. The van der Waals surface area contributed by atoms with Crippen LogP contribution in [-0.2, 0) is 0 Å². The molecular formula is C36H14N12. The second-order valence-electron chi connectivity index (χ2n) is 12.4. The average molecular weight is 615 g/mol. The van der Waals surface area contributed by atoms with Crippen LogP contribution in [0.1, 0.15) is 17.4 Å². The van der Waals surface area contributed by atoms with Crippen LogP contribution in [-0.4, -0.2) is 55.9 Å². The summed E-state index contributed by atoms with van der Waals surface area (Å²) in [6, 6.07) is 18.8. The van der Waals surface area contributed by atoms with Crippen LogP contribution in [0.5, 0.6) is 0 Å². The van der Waals surface area contributed by atoms with E-state index in [1.54, 1.807) is 0 Å². The number of rotatable bonds is 0. The fraction of sp³-hybridized carbons (Fsp3) is 0.0556. The third kappa shape index (κ3) is 2.79. The van der Waals surface area contributed by atoms with Crippen molar-refractivity contribution in [2.24, 2.45) is 9.98 Å². The van der Waals surface area contributed by atoms with E-state index in [2.05, 4.69) is 0 Å². The highest BCUT2D eigenvalue weighted by molar-refractivity contribution is 6.12. The van der Waals surface area contributed by atoms with Crippen LogP contribution in [0.15, 0.2) is 76.7 Å². The lowest BCUT2D eigenvalue weighted by Gasteiger charge is -2.25. The van der Waals surface area contributed by atoms with Gasteiger partial charge in [-0.15, -0.1) is 0 Å². The average Bonchev–Trinajstić information content (AvgIpc) is 3.13. The Bertz CT molecular complexity index is 3430. The standard InChI is InChI=1S/C36H14N12/c1-2-14-26-25-13(1)37-15-3-4-17-29(27(15)43-25)45-31-19(39-17)7-8-20-32(31)47-35-23(41-20)11-12-24-36(35)48-34-22(42-24)10-9-21-33(34)46-30-18(40-21)6-5-16(38-14)28(30)44-26/h1-13,25H. The van der Waals surface area contributed by atoms with Gasteiger partial charge in [-0.1, -0.05) is 6.08 Å². The van der Waals surface area contributed by atoms with Gasteiger partial charge in [0.15, 0.2) is 0 Å². The number of aromatic nitrogens is 10. The molecule has 0 amide bonds. The predicted octanol–water partition coefficient (Wildman–Crippen LogP) is 4.72. The molecule has 10 aromatic rings. The molecule has 5 aromatic heterocycles. The Balaban J connectivity index is 1.32. The van der Waals surface area contributed by atoms with E-state index in [0.29, 0.717) is 93.6 Å². The van der Waals surface area contributed by atoms with E-state index in [0.717, 1.165) is 27.8 Å². The first-order chi connectivity index (χ1) is 23.7. The maximum absolute atomic E-state index is 5.30. The predicted molar refractivity (Wildman–Crippen MR) is 180 cm³/mol. The summed E-state index contributed by atoms with van der Waals surface area (Å²) >= 11 is 0. The van der Waals surface area contributed by atoms with Crippen molar-refractivity contribution in [1.82, 2.24) is 49.8 Å². The number of benzene rings is 5. The number of hydrogen-bond donors (Lipinski definition) is 0. The molecule has 12 heteroatoms. The molecule has 7 heterocycles. The van der Waals surface area contributed by atoms with E-state index in [1.165, 1.54) is 0 Å². The summed E-state index contributed by atoms with van der Waals surface area (Å²) in [5.74, 6) is 0. The maximum atomic E-state index is 5.30. The minimum Gasteiger partial charge on any atom is -0.273 e. The fourth-order valence-electron chi connectivity index (χ4n) is 7.51. The molecule has 3 aliphatic rings. The monoisotopic (exact) mass is 614 g/mol. The van der Waals surface area contributed by atoms with E-state index >= 15 is 0 Å². The van der Waals surface area contributed by atoms with Gasteiger partial charge in [0.1, 0.15) is 61.0 Å². The van der Waals surface area contributed by atoms with Crippen LogP contribution in [0, 0.1) is 0 Å². The van der Waals surface area contributed by atoms with Gasteiger partial charge in [0.2, 0.25) is 0 Å².